The molecule has 0 amide bonds. The molecule has 0 aliphatic rings. The number of aromatic nitrogens is 3. The molecule has 0 saturated carbocycles. The van der Waals surface area contributed by atoms with Crippen molar-refractivity contribution in [3.05, 3.63) is 12.7 Å². The summed E-state index contributed by atoms with van der Waals surface area (Å²) in [4.78, 5) is 3.81. The molecule has 1 aromatic heterocycles. The van der Waals surface area contributed by atoms with Gasteiger partial charge in [-0.25, -0.2) is 4.98 Å². The van der Waals surface area contributed by atoms with Crippen LogP contribution in [0.4, 0.5) is 0 Å². The molecule has 0 spiro atoms. The van der Waals surface area contributed by atoms with Crippen molar-refractivity contribution in [3.8, 4) is 0 Å². The highest BCUT2D eigenvalue weighted by atomic mass is 32.2. The molecule has 1 rings (SSSR count). The monoisotopic (exact) mass is 235 g/mol. The lowest BCUT2D eigenvalue weighted by molar-refractivity contribution is 0.189. The molecule has 7 heteroatoms. The molecule has 1 aromatic rings. The van der Waals surface area contributed by atoms with Crippen molar-refractivity contribution in [2.24, 2.45) is 0 Å². The van der Waals surface area contributed by atoms with Crippen molar-refractivity contribution in [1.82, 2.24) is 14.8 Å². The lowest BCUT2D eigenvalue weighted by Crippen LogP contribution is -2.01. The highest BCUT2D eigenvalue weighted by molar-refractivity contribution is 7.89. The van der Waals surface area contributed by atoms with E-state index >= 15 is 0 Å². The van der Waals surface area contributed by atoms with E-state index < -0.39 is 0 Å². The third kappa shape index (κ3) is 9.67. The minimum absolute atomic E-state index is 0.778. The number of hydrogen-bond donors (Lipinski definition) is 0. The van der Waals surface area contributed by atoms with E-state index in [1.54, 1.807) is 32.3 Å². The van der Waals surface area contributed by atoms with Gasteiger partial charge in [0.25, 0.3) is 0 Å². The molecule has 0 aliphatic heterocycles. The summed E-state index contributed by atoms with van der Waals surface area (Å²) in [7, 11) is 4.80. The zero-order valence-electron chi connectivity index (χ0n) is 9.25. The van der Waals surface area contributed by atoms with E-state index in [1.165, 1.54) is 6.33 Å². The van der Waals surface area contributed by atoms with Crippen LogP contribution in [0.3, 0.4) is 0 Å². The Bertz CT molecular complexity index is 207. The highest BCUT2D eigenvalue weighted by Gasteiger charge is 1.88. The maximum Gasteiger partial charge on any atom is 0.158 e. The standard InChI is InChI=1S/C6H11N3O.C2H6O2S/c1-10-4-2-3-9-6-7-5-8-9;1-3-5-4-2/h5-6H,2-4H2,1H3;1-2H3. The smallest absolute Gasteiger partial charge is 0.158 e. The summed E-state index contributed by atoms with van der Waals surface area (Å²) in [6.07, 6.45) is 4.22. The van der Waals surface area contributed by atoms with Crippen molar-refractivity contribution in [2.45, 2.75) is 13.0 Å². The summed E-state index contributed by atoms with van der Waals surface area (Å²) >= 11 is 0.963. The molecule has 0 fully saturated rings. The van der Waals surface area contributed by atoms with Gasteiger partial charge in [0.2, 0.25) is 0 Å². The Morgan fingerprint density at radius 2 is 2.00 bits per heavy atom. The molecule has 0 bridgehead atoms. The van der Waals surface area contributed by atoms with Crippen molar-refractivity contribution in [3.63, 3.8) is 0 Å². The SMILES string of the molecule is COCCCn1cncn1.COSOC. The number of aryl methyl sites for hydroxylation is 1. The molecule has 0 unspecified atom stereocenters. The van der Waals surface area contributed by atoms with Crippen LogP contribution in [0.2, 0.25) is 0 Å². The van der Waals surface area contributed by atoms with Crippen LogP contribution in [0.25, 0.3) is 0 Å². The van der Waals surface area contributed by atoms with Gasteiger partial charge in [0.15, 0.2) is 12.3 Å². The van der Waals surface area contributed by atoms with Crippen LogP contribution in [0.5, 0.6) is 0 Å². The fourth-order valence-electron chi connectivity index (χ4n) is 0.787. The van der Waals surface area contributed by atoms with Gasteiger partial charge in [-0.15, -0.1) is 0 Å². The van der Waals surface area contributed by atoms with Gasteiger partial charge in [-0.05, 0) is 6.42 Å². The van der Waals surface area contributed by atoms with Gasteiger partial charge >= 0.3 is 0 Å². The minimum atomic E-state index is 0.778. The Morgan fingerprint density at radius 1 is 1.27 bits per heavy atom. The zero-order chi connectivity index (χ0) is 11.4. The van der Waals surface area contributed by atoms with Gasteiger partial charge in [0.05, 0.1) is 14.2 Å². The second kappa shape index (κ2) is 11.4. The summed E-state index contributed by atoms with van der Waals surface area (Å²) in [6, 6.07) is 0. The first kappa shape index (κ1) is 14.4. The molecular weight excluding hydrogens is 218 g/mol. The number of ether oxygens (including phenoxy) is 1. The Morgan fingerprint density at radius 3 is 2.40 bits per heavy atom. The average Bonchev–Trinajstić information content (AvgIpc) is 2.73. The first-order chi connectivity index (χ1) is 7.35. The molecule has 1 heterocycles. The predicted molar refractivity (Wildman–Crippen MR) is 58.1 cm³/mol. The summed E-state index contributed by atoms with van der Waals surface area (Å²) in [6.45, 7) is 1.66. The predicted octanol–water partition coefficient (Wildman–Crippen LogP) is 1.16. The van der Waals surface area contributed by atoms with Gasteiger partial charge in [-0.2, -0.15) is 5.10 Å². The van der Waals surface area contributed by atoms with E-state index in [4.69, 9.17) is 4.74 Å². The highest BCUT2D eigenvalue weighted by Crippen LogP contribution is 1.94. The second-order valence-electron chi connectivity index (χ2n) is 2.41. The number of nitrogens with zero attached hydrogens (tertiary/aromatic N) is 3. The summed E-state index contributed by atoms with van der Waals surface area (Å²) < 4.78 is 15.4. The van der Waals surface area contributed by atoms with Crippen LogP contribution in [-0.2, 0) is 19.6 Å². The van der Waals surface area contributed by atoms with Crippen LogP contribution in [0, 0.1) is 0 Å². The molecule has 0 radical (unpaired) electrons. The second-order valence-corrected chi connectivity index (χ2v) is 3.21. The van der Waals surface area contributed by atoms with E-state index in [2.05, 4.69) is 18.4 Å². The Kier molecular flexibility index (Phi) is 11.0. The average molecular weight is 235 g/mol. The molecular formula is C8H17N3O3S. The first-order valence-electron chi connectivity index (χ1n) is 4.40. The normalized spacial score (nSPS) is 9.53. The van der Waals surface area contributed by atoms with Crippen LogP contribution < -0.4 is 0 Å². The topological polar surface area (TPSA) is 58.4 Å². The molecule has 0 atom stereocenters. The van der Waals surface area contributed by atoms with Crippen LogP contribution >= 0.6 is 12.3 Å². The summed E-state index contributed by atoms with van der Waals surface area (Å²) in [5, 5.41) is 3.94. The quantitative estimate of drug-likeness (QED) is 0.544. The van der Waals surface area contributed by atoms with Gasteiger partial charge < -0.3 is 4.74 Å². The van der Waals surface area contributed by atoms with Crippen LogP contribution in [-0.4, -0.2) is 42.7 Å². The molecule has 88 valence electrons. The lowest BCUT2D eigenvalue weighted by Gasteiger charge is -1.97. The van der Waals surface area contributed by atoms with Crippen molar-refractivity contribution in [2.75, 3.05) is 27.9 Å². The molecule has 0 aromatic carbocycles. The molecule has 15 heavy (non-hydrogen) atoms. The van der Waals surface area contributed by atoms with Crippen molar-refractivity contribution in [1.29, 1.82) is 0 Å². The third-order valence-electron chi connectivity index (χ3n) is 1.34. The van der Waals surface area contributed by atoms with E-state index in [9.17, 15) is 0 Å². The van der Waals surface area contributed by atoms with E-state index in [1.807, 2.05) is 0 Å². The maximum absolute atomic E-state index is 4.88. The number of hydrogen-bond acceptors (Lipinski definition) is 6. The van der Waals surface area contributed by atoms with Gasteiger partial charge in [0, 0.05) is 20.3 Å². The first-order valence-corrected chi connectivity index (χ1v) is 5.06. The van der Waals surface area contributed by atoms with E-state index in [0.29, 0.717) is 0 Å². The van der Waals surface area contributed by atoms with Gasteiger partial charge in [0.1, 0.15) is 12.7 Å². The molecule has 0 aliphatic carbocycles. The van der Waals surface area contributed by atoms with Gasteiger partial charge in [-0.1, -0.05) is 0 Å². The minimum Gasteiger partial charge on any atom is -0.385 e. The molecule has 6 nitrogen and oxygen atoms in total. The zero-order valence-corrected chi connectivity index (χ0v) is 10.1. The largest absolute Gasteiger partial charge is 0.385 e. The summed E-state index contributed by atoms with van der Waals surface area (Å²) in [5.74, 6) is 0. The molecule has 0 saturated heterocycles. The Balaban J connectivity index is 0.000000336. The number of rotatable bonds is 6. The Labute approximate surface area is 94.3 Å². The third-order valence-corrected chi connectivity index (χ3v) is 1.61. The molecule has 0 N–H and O–H groups in total. The van der Waals surface area contributed by atoms with Gasteiger partial charge in [-0.3, -0.25) is 13.0 Å². The fraction of sp³-hybridized carbons (Fsp3) is 0.750. The van der Waals surface area contributed by atoms with Crippen molar-refractivity contribution < 1.29 is 13.1 Å². The fourth-order valence-corrected chi connectivity index (χ4v) is 0.923. The van der Waals surface area contributed by atoms with Crippen LogP contribution in [0.1, 0.15) is 6.42 Å². The van der Waals surface area contributed by atoms with E-state index in [-0.39, 0.29) is 0 Å². The van der Waals surface area contributed by atoms with E-state index in [0.717, 1.165) is 31.9 Å². The van der Waals surface area contributed by atoms with Crippen molar-refractivity contribution >= 4 is 12.3 Å². The maximum atomic E-state index is 4.88. The number of methoxy groups -OCH3 is 1. The van der Waals surface area contributed by atoms with Crippen LogP contribution in [0.15, 0.2) is 12.7 Å². The summed E-state index contributed by atoms with van der Waals surface area (Å²) in [5.41, 5.74) is 0. The Hall–Kier alpha value is -0.630. The lowest BCUT2D eigenvalue weighted by atomic mass is 10.5.